The Morgan fingerprint density at radius 3 is 2.89 bits per heavy atom. The number of methoxy groups -OCH3 is 1. The van der Waals surface area contributed by atoms with E-state index >= 15 is 0 Å². The van der Waals surface area contributed by atoms with Crippen molar-refractivity contribution < 1.29 is 22.7 Å². The summed E-state index contributed by atoms with van der Waals surface area (Å²) in [6.45, 7) is 4.10. The third-order valence-electron chi connectivity index (χ3n) is 6.03. The van der Waals surface area contributed by atoms with E-state index in [1.54, 1.807) is 12.0 Å². The van der Waals surface area contributed by atoms with Crippen molar-refractivity contribution in [3.8, 4) is 0 Å². The van der Waals surface area contributed by atoms with Crippen LogP contribution in [0.15, 0.2) is 24.3 Å². The maximum Gasteiger partial charge on any atom is 0.317 e. The molecule has 9 heteroatoms. The number of aryl methyl sites for hydroxylation is 1. The highest BCUT2D eigenvalue weighted by Crippen LogP contribution is 2.46. The molecule has 0 unspecified atom stereocenters. The van der Waals surface area contributed by atoms with Crippen LogP contribution in [0.5, 0.6) is 0 Å². The van der Waals surface area contributed by atoms with Crippen LogP contribution in [0.1, 0.15) is 17.5 Å². The summed E-state index contributed by atoms with van der Waals surface area (Å²) in [6, 6.07) is 7.74. The summed E-state index contributed by atoms with van der Waals surface area (Å²) < 4.78 is 38.5. The van der Waals surface area contributed by atoms with E-state index < -0.39 is 20.9 Å². The third-order valence-corrected chi connectivity index (χ3v) is 8.41. The predicted molar refractivity (Wildman–Crippen MR) is 103 cm³/mol. The number of hydrogen-bond donors (Lipinski definition) is 1. The topological polar surface area (TPSA) is 88.2 Å². The predicted octanol–water partition coefficient (Wildman–Crippen LogP) is 0.708. The van der Waals surface area contributed by atoms with Crippen molar-refractivity contribution in [2.45, 2.75) is 36.8 Å². The Morgan fingerprint density at radius 2 is 2.14 bits per heavy atom. The Labute approximate surface area is 165 Å². The highest BCUT2D eigenvalue weighted by molar-refractivity contribution is 7.90. The van der Waals surface area contributed by atoms with Crippen LogP contribution < -0.4 is 5.32 Å². The zero-order valence-corrected chi connectivity index (χ0v) is 17.1. The Bertz CT molecular complexity index is 861. The first-order valence-corrected chi connectivity index (χ1v) is 11.1. The molecule has 1 spiro atoms. The molecular weight excluding hydrogens is 382 g/mol. The van der Waals surface area contributed by atoms with Gasteiger partial charge in [-0.2, -0.15) is 4.31 Å². The first kappa shape index (κ1) is 19.6. The first-order valence-electron chi connectivity index (χ1n) is 9.59. The van der Waals surface area contributed by atoms with Gasteiger partial charge in [0.05, 0.1) is 19.3 Å². The van der Waals surface area contributed by atoms with E-state index in [2.05, 4.69) is 5.32 Å². The lowest BCUT2D eigenvalue weighted by atomic mass is 9.99. The highest BCUT2D eigenvalue weighted by Gasteiger charge is 2.65. The number of ether oxygens (including phenoxy) is 2. The fourth-order valence-electron chi connectivity index (χ4n) is 4.59. The molecular formula is C19H27N3O5S. The summed E-state index contributed by atoms with van der Waals surface area (Å²) >= 11 is 0. The van der Waals surface area contributed by atoms with Crippen molar-refractivity contribution in [1.29, 1.82) is 0 Å². The molecule has 0 radical (unpaired) electrons. The number of rotatable bonds is 5. The van der Waals surface area contributed by atoms with Gasteiger partial charge in [-0.05, 0) is 24.5 Å². The van der Waals surface area contributed by atoms with Crippen molar-refractivity contribution in [3.05, 3.63) is 35.4 Å². The van der Waals surface area contributed by atoms with E-state index in [0.717, 1.165) is 11.1 Å². The van der Waals surface area contributed by atoms with Gasteiger partial charge in [0.1, 0.15) is 10.9 Å². The van der Waals surface area contributed by atoms with Gasteiger partial charge in [0.15, 0.2) is 0 Å². The molecule has 154 valence electrons. The lowest BCUT2D eigenvalue weighted by Crippen LogP contribution is -2.58. The quantitative estimate of drug-likeness (QED) is 0.774. The second kappa shape index (κ2) is 7.29. The van der Waals surface area contributed by atoms with Gasteiger partial charge in [0.25, 0.3) is 0 Å². The molecule has 0 aliphatic carbocycles. The fourth-order valence-corrected chi connectivity index (χ4v) is 6.88. The van der Waals surface area contributed by atoms with Crippen LogP contribution in [0, 0.1) is 6.92 Å². The van der Waals surface area contributed by atoms with Crippen molar-refractivity contribution in [3.63, 3.8) is 0 Å². The largest absolute Gasteiger partial charge is 0.383 e. The highest BCUT2D eigenvalue weighted by atomic mass is 32.2. The summed E-state index contributed by atoms with van der Waals surface area (Å²) in [5.74, 6) is 0. The van der Waals surface area contributed by atoms with Gasteiger partial charge < -0.3 is 19.7 Å². The maximum absolute atomic E-state index is 12.9. The molecule has 3 fully saturated rings. The monoisotopic (exact) mass is 409 g/mol. The number of nitrogens with zero attached hydrogens (tertiary/aromatic N) is 2. The molecule has 1 aromatic carbocycles. The summed E-state index contributed by atoms with van der Waals surface area (Å²) in [6.07, 6.45) is 0.204. The summed E-state index contributed by atoms with van der Waals surface area (Å²) in [5.41, 5.74) is 1.35. The SMILES string of the molecule is COCCN1C[C@@]23CN(C(=O)NCc4ccccc4C)C[C@@H](C[C@@H]2S1(=O)=O)O3. The smallest absolute Gasteiger partial charge is 0.317 e. The number of urea groups is 1. The lowest BCUT2D eigenvalue weighted by Gasteiger charge is -2.39. The van der Waals surface area contributed by atoms with Crippen molar-refractivity contribution >= 4 is 16.1 Å². The van der Waals surface area contributed by atoms with E-state index in [9.17, 15) is 13.2 Å². The molecule has 1 N–H and O–H groups in total. The molecule has 28 heavy (non-hydrogen) atoms. The number of fused-ring (bicyclic) bond motifs is 1. The number of nitrogens with one attached hydrogen (secondary N) is 1. The summed E-state index contributed by atoms with van der Waals surface area (Å²) in [5, 5.41) is 2.38. The molecule has 2 amide bonds. The van der Waals surface area contributed by atoms with Crippen LogP contribution in [-0.4, -0.2) is 80.5 Å². The first-order chi connectivity index (χ1) is 13.4. The molecule has 0 saturated carbocycles. The van der Waals surface area contributed by atoms with Gasteiger partial charge in [-0.1, -0.05) is 24.3 Å². The molecule has 3 atom stereocenters. The molecule has 1 aromatic rings. The van der Waals surface area contributed by atoms with Crippen LogP contribution in [0.4, 0.5) is 4.79 Å². The van der Waals surface area contributed by atoms with Gasteiger partial charge in [0, 0.05) is 33.3 Å². The number of morpholine rings is 1. The van der Waals surface area contributed by atoms with Crippen LogP contribution in [0.3, 0.4) is 0 Å². The number of carbonyl (C=O) groups excluding carboxylic acids is 1. The number of amides is 2. The minimum atomic E-state index is -3.44. The van der Waals surface area contributed by atoms with E-state index in [-0.39, 0.29) is 25.2 Å². The zero-order chi connectivity index (χ0) is 19.9. The third kappa shape index (κ3) is 3.30. The van der Waals surface area contributed by atoms with Crippen molar-refractivity contribution in [1.82, 2.24) is 14.5 Å². The molecule has 3 saturated heterocycles. The number of hydrogen-bond acceptors (Lipinski definition) is 5. The molecule has 3 aliphatic rings. The Kier molecular flexibility index (Phi) is 5.11. The summed E-state index contributed by atoms with van der Waals surface area (Å²) in [7, 11) is -1.89. The normalized spacial score (nSPS) is 31.0. The van der Waals surface area contributed by atoms with Crippen molar-refractivity contribution in [2.75, 3.05) is 39.9 Å². The molecule has 3 aliphatic heterocycles. The van der Waals surface area contributed by atoms with Crippen LogP contribution in [0.2, 0.25) is 0 Å². The Hall–Kier alpha value is -1.68. The van der Waals surface area contributed by atoms with Gasteiger partial charge in [-0.15, -0.1) is 0 Å². The number of benzene rings is 1. The van der Waals surface area contributed by atoms with Gasteiger partial charge in [-0.25, -0.2) is 13.2 Å². The Morgan fingerprint density at radius 1 is 1.36 bits per heavy atom. The fraction of sp³-hybridized carbons (Fsp3) is 0.632. The van der Waals surface area contributed by atoms with Gasteiger partial charge >= 0.3 is 6.03 Å². The van der Waals surface area contributed by atoms with E-state index in [1.807, 2.05) is 31.2 Å². The average Bonchev–Trinajstić information content (AvgIpc) is 3.04. The van der Waals surface area contributed by atoms with Crippen LogP contribution in [-0.2, 0) is 26.0 Å². The second-order valence-corrected chi connectivity index (χ2v) is 9.98. The number of likely N-dealkylation sites (tertiary alicyclic amines) is 1. The van der Waals surface area contributed by atoms with Gasteiger partial charge in [-0.3, -0.25) is 0 Å². The van der Waals surface area contributed by atoms with E-state index in [1.165, 1.54) is 4.31 Å². The number of carbonyl (C=O) groups is 1. The minimum absolute atomic E-state index is 0.177. The van der Waals surface area contributed by atoms with Crippen LogP contribution >= 0.6 is 0 Å². The molecule has 8 nitrogen and oxygen atoms in total. The van der Waals surface area contributed by atoms with E-state index in [0.29, 0.717) is 32.7 Å². The van der Waals surface area contributed by atoms with Gasteiger partial charge in [0.2, 0.25) is 10.0 Å². The summed E-state index contributed by atoms with van der Waals surface area (Å²) in [4.78, 5) is 14.5. The molecule has 4 rings (SSSR count). The minimum Gasteiger partial charge on any atom is -0.383 e. The van der Waals surface area contributed by atoms with E-state index in [4.69, 9.17) is 9.47 Å². The second-order valence-electron chi connectivity index (χ2n) is 7.87. The standard InChI is InChI=1S/C19H27N3O5S/c1-14-5-3-4-6-15(14)10-20-18(23)21-11-16-9-17-19(12-21,27-16)13-22(7-8-26-2)28(17,24)25/h3-6,16-17H,7-13H2,1-2H3,(H,20,23)/t16-,17+,19+/m1/s1. The molecule has 3 heterocycles. The number of sulfonamides is 1. The van der Waals surface area contributed by atoms with Crippen molar-refractivity contribution in [2.24, 2.45) is 0 Å². The molecule has 2 bridgehead atoms. The zero-order valence-electron chi connectivity index (χ0n) is 16.3. The maximum atomic E-state index is 12.9. The molecule has 0 aromatic heterocycles. The van der Waals surface area contributed by atoms with Crippen LogP contribution in [0.25, 0.3) is 0 Å². The average molecular weight is 410 g/mol. The lowest BCUT2D eigenvalue weighted by molar-refractivity contribution is -0.0959. The Balaban J connectivity index is 1.45.